The maximum absolute atomic E-state index is 12.6. The first kappa shape index (κ1) is 24.3. The predicted molar refractivity (Wildman–Crippen MR) is 130 cm³/mol. The molecule has 0 bridgehead atoms. The molecule has 0 aliphatic heterocycles. The highest BCUT2D eigenvalue weighted by Crippen LogP contribution is 2.29. The number of benzene rings is 2. The van der Waals surface area contributed by atoms with Crippen LogP contribution >= 0.6 is 23.4 Å². The summed E-state index contributed by atoms with van der Waals surface area (Å²) in [4.78, 5) is 12.6. The van der Waals surface area contributed by atoms with Gasteiger partial charge in [0, 0.05) is 25.8 Å². The van der Waals surface area contributed by atoms with Crippen molar-refractivity contribution in [2.45, 2.75) is 44.9 Å². The summed E-state index contributed by atoms with van der Waals surface area (Å²) in [5.41, 5.74) is 4.37. The number of ether oxygens (including phenoxy) is 1. The molecule has 1 aromatic heterocycles. The number of nitrogens with one attached hydrogen (secondary N) is 1. The van der Waals surface area contributed by atoms with E-state index in [0.717, 1.165) is 17.5 Å². The average molecular weight is 473 g/mol. The third-order valence-corrected chi connectivity index (χ3v) is 6.60. The van der Waals surface area contributed by atoms with Crippen LogP contribution in [-0.2, 0) is 16.1 Å². The minimum atomic E-state index is -0.0688. The topological polar surface area (TPSA) is 69.0 Å². The fourth-order valence-corrected chi connectivity index (χ4v) is 4.33. The third kappa shape index (κ3) is 6.12. The van der Waals surface area contributed by atoms with Crippen LogP contribution in [-0.4, -0.2) is 40.1 Å². The number of aryl methyl sites for hydroxylation is 2. The van der Waals surface area contributed by atoms with E-state index >= 15 is 0 Å². The van der Waals surface area contributed by atoms with E-state index in [4.69, 9.17) is 16.3 Å². The van der Waals surface area contributed by atoms with Gasteiger partial charge in [0.2, 0.25) is 5.91 Å². The molecule has 2 aromatic carbocycles. The molecule has 3 aromatic rings. The maximum atomic E-state index is 12.6. The molecule has 1 N–H and O–H groups in total. The van der Waals surface area contributed by atoms with Gasteiger partial charge in [-0.15, -0.1) is 10.2 Å². The molecule has 0 radical (unpaired) electrons. The van der Waals surface area contributed by atoms with Gasteiger partial charge in [0.25, 0.3) is 0 Å². The van der Waals surface area contributed by atoms with Gasteiger partial charge in [0.15, 0.2) is 11.0 Å². The van der Waals surface area contributed by atoms with E-state index < -0.39 is 0 Å². The summed E-state index contributed by atoms with van der Waals surface area (Å²) in [7, 11) is 1.68. The van der Waals surface area contributed by atoms with Crippen molar-refractivity contribution >= 4 is 29.3 Å². The normalized spacial score (nSPS) is 12.0. The van der Waals surface area contributed by atoms with Gasteiger partial charge in [-0.05, 0) is 56.0 Å². The summed E-state index contributed by atoms with van der Waals surface area (Å²) in [5.74, 6) is 0.893. The molecule has 0 spiro atoms. The summed E-state index contributed by atoms with van der Waals surface area (Å²) in [5, 5.41) is 13.1. The number of aromatic nitrogens is 3. The quantitative estimate of drug-likeness (QED) is 0.323. The number of carbonyl (C=O) groups excluding carboxylic acids is 1. The first-order chi connectivity index (χ1) is 15.4. The molecule has 0 fully saturated rings. The van der Waals surface area contributed by atoms with Crippen molar-refractivity contribution in [3.05, 3.63) is 64.2 Å². The van der Waals surface area contributed by atoms with Gasteiger partial charge >= 0.3 is 0 Å². The van der Waals surface area contributed by atoms with E-state index in [0.29, 0.717) is 29.2 Å². The van der Waals surface area contributed by atoms with Crippen molar-refractivity contribution in [1.29, 1.82) is 0 Å². The number of thioether (sulfide) groups is 1. The Morgan fingerprint density at radius 1 is 1.19 bits per heavy atom. The van der Waals surface area contributed by atoms with Crippen LogP contribution in [0.2, 0.25) is 5.02 Å². The smallest absolute Gasteiger partial charge is 0.230 e. The Kier molecular flexibility index (Phi) is 8.73. The van der Waals surface area contributed by atoms with Gasteiger partial charge < -0.3 is 14.6 Å². The fourth-order valence-electron chi connectivity index (χ4n) is 3.34. The first-order valence-electron chi connectivity index (χ1n) is 10.6. The highest BCUT2D eigenvalue weighted by atomic mass is 35.5. The van der Waals surface area contributed by atoms with Gasteiger partial charge in [-0.25, -0.2) is 0 Å². The molecule has 0 aliphatic carbocycles. The van der Waals surface area contributed by atoms with E-state index in [1.165, 1.54) is 22.9 Å². The Hall–Kier alpha value is -2.35. The SMILES string of the molecule is COCCCn1c(SCC(=O)NC(C)c2ccc(C)c(C)c2)nnc1-c1ccccc1Cl. The second kappa shape index (κ2) is 11.5. The molecule has 0 saturated carbocycles. The molecule has 32 heavy (non-hydrogen) atoms. The molecule has 1 atom stereocenters. The molecule has 1 amide bonds. The van der Waals surface area contributed by atoms with Crippen molar-refractivity contribution in [2.75, 3.05) is 19.5 Å². The first-order valence-corrected chi connectivity index (χ1v) is 11.9. The van der Waals surface area contributed by atoms with Crippen molar-refractivity contribution in [2.24, 2.45) is 0 Å². The van der Waals surface area contributed by atoms with Crippen LogP contribution < -0.4 is 5.32 Å². The number of methoxy groups -OCH3 is 1. The number of hydrogen-bond acceptors (Lipinski definition) is 5. The van der Waals surface area contributed by atoms with Crippen LogP contribution in [0.1, 0.15) is 36.1 Å². The van der Waals surface area contributed by atoms with E-state index in [2.05, 4.69) is 47.6 Å². The Morgan fingerprint density at radius 2 is 1.97 bits per heavy atom. The lowest BCUT2D eigenvalue weighted by Gasteiger charge is -2.16. The molecule has 1 heterocycles. The van der Waals surface area contributed by atoms with Crippen molar-refractivity contribution in [3.8, 4) is 11.4 Å². The third-order valence-electron chi connectivity index (χ3n) is 5.30. The lowest BCUT2D eigenvalue weighted by atomic mass is 10.0. The Morgan fingerprint density at radius 3 is 2.69 bits per heavy atom. The van der Waals surface area contributed by atoms with Crippen molar-refractivity contribution in [1.82, 2.24) is 20.1 Å². The lowest BCUT2D eigenvalue weighted by molar-refractivity contribution is -0.119. The van der Waals surface area contributed by atoms with Crippen LogP contribution in [0.3, 0.4) is 0 Å². The monoisotopic (exact) mass is 472 g/mol. The van der Waals surface area contributed by atoms with Gasteiger partial charge in [-0.3, -0.25) is 4.79 Å². The van der Waals surface area contributed by atoms with Crippen LogP contribution in [0.15, 0.2) is 47.6 Å². The molecule has 3 rings (SSSR count). The Balaban J connectivity index is 1.70. The molecule has 0 saturated heterocycles. The number of nitrogens with zero attached hydrogens (tertiary/aromatic N) is 3. The van der Waals surface area contributed by atoms with Gasteiger partial charge in [0.05, 0.1) is 16.8 Å². The molecule has 170 valence electrons. The Labute approximate surface area is 198 Å². The van der Waals surface area contributed by atoms with Crippen molar-refractivity contribution < 1.29 is 9.53 Å². The van der Waals surface area contributed by atoms with E-state index in [1.54, 1.807) is 7.11 Å². The second-order valence-electron chi connectivity index (χ2n) is 7.71. The maximum Gasteiger partial charge on any atom is 0.230 e. The van der Waals surface area contributed by atoms with E-state index in [1.807, 2.05) is 35.8 Å². The minimum absolute atomic E-state index is 0.0496. The number of amides is 1. The van der Waals surface area contributed by atoms with Crippen LogP contribution in [0, 0.1) is 13.8 Å². The van der Waals surface area contributed by atoms with Crippen LogP contribution in [0.25, 0.3) is 11.4 Å². The fraction of sp³-hybridized carbons (Fsp3) is 0.375. The van der Waals surface area contributed by atoms with Gasteiger partial charge in [0.1, 0.15) is 0 Å². The standard InChI is InChI=1S/C24H29ClN4O2S/c1-16-10-11-19(14-17(16)2)18(3)26-22(30)15-32-24-28-27-23(29(24)12-7-13-31-4)20-8-5-6-9-21(20)25/h5-6,8-11,14,18H,7,12-13,15H2,1-4H3,(H,26,30). The minimum Gasteiger partial charge on any atom is -0.385 e. The molecular formula is C24H29ClN4O2S. The second-order valence-corrected chi connectivity index (χ2v) is 9.06. The van der Waals surface area contributed by atoms with Crippen LogP contribution in [0.5, 0.6) is 0 Å². The largest absolute Gasteiger partial charge is 0.385 e. The average Bonchev–Trinajstić information content (AvgIpc) is 3.17. The number of halogens is 1. The van der Waals surface area contributed by atoms with Crippen molar-refractivity contribution in [3.63, 3.8) is 0 Å². The van der Waals surface area contributed by atoms with Crippen LogP contribution in [0.4, 0.5) is 0 Å². The summed E-state index contributed by atoms with van der Waals surface area (Å²) in [6.45, 7) is 7.45. The molecule has 1 unspecified atom stereocenters. The summed E-state index contributed by atoms with van der Waals surface area (Å²) in [6.07, 6.45) is 0.801. The van der Waals surface area contributed by atoms with E-state index in [-0.39, 0.29) is 17.7 Å². The summed E-state index contributed by atoms with van der Waals surface area (Å²) < 4.78 is 7.20. The molecule has 0 aliphatic rings. The summed E-state index contributed by atoms with van der Waals surface area (Å²) in [6, 6.07) is 13.8. The number of carbonyl (C=O) groups is 1. The molecule has 6 nitrogen and oxygen atoms in total. The zero-order valence-corrected chi connectivity index (χ0v) is 20.5. The predicted octanol–water partition coefficient (Wildman–Crippen LogP) is 5.22. The molecule has 8 heteroatoms. The number of hydrogen-bond donors (Lipinski definition) is 1. The van der Waals surface area contributed by atoms with E-state index in [9.17, 15) is 4.79 Å². The Bertz CT molecular complexity index is 1070. The number of rotatable bonds is 10. The zero-order valence-electron chi connectivity index (χ0n) is 18.9. The molecular weight excluding hydrogens is 444 g/mol. The van der Waals surface area contributed by atoms with Gasteiger partial charge in [-0.2, -0.15) is 0 Å². The lowest BCUT2D eigenvalue weighted by Crippen LogP contribution is -2.28. The highest BCUT2D eigenvalue weighted by molar-refractivity contribution is 7.99. The highest BCUT2D eigenvalue weighted by Gasteiger charge is 2.18. The summed E-state index contributed by atoms with van der Waals surface area (Å²) >= 11 is 7.76. The van der Waals surface area contributed by atoms with Gasteiger partial charge in [-0.1, -0.05) is 53.7 Å². The zero-order chi connectivity index (χ0) is 23.1.